The SMILES string of the molecule is CO[C@H]1CN(C)C(=O)c2cc(NC(=O)CC(F)(F)F)ccc2OC[C@@H](C)N(C(=O)C2CCOCC2)C[C@@H]1C. The number of methoxy groups -OCH3 is 1. The van der Waals surface area contributed by atoms with Crippen molar-refractivity contribution >= 4 is 23.4 Å². The summed E-state index contributed by atoms with van der Waals surface area (Å²) in [5.74, 6) is -1.72. The highest BCUT2D eigenvalue weighted by Gasteiger charge is 2.34. The van der Waals surface area contributed by atoms with Gasteiger partial charge in [0.2, 0.25) is 11.8 Å². The Labute approximate surface area is 220 Å². The first-order valence-corrected chi connectivity index (χ1v) is 12.7. The molecule has 3 amide bonds. The lowest BCUT2D eigenvalue weighted by atomic mass is 9.95. The number of rotatable bonds is 4. The molecule has 9 nitrogen and oxygen atoms in total. The molecule has 1 aromatic rings. The summed E-state index contributed by atoms with van der Waals surface area (Å²) in [6, 6.07) is 3.78. The van der Waals surface area contributed by atoms with E-state index in [1.54, 1.807) is 14.2 Å². The number of benzene rings is 1. The lowest BCUT2D eigenvalue weighted by molar-refractivity contribution is -0.150. The number of amides is 3. The molecule has 3 rings (SSSR count). The van der Waals surface area contributed by atoms with Gasteiger partial charge in [-0.15, -0.1) is 0 Å². The van der Waals surface area contributed by atoms with Crippen LogP contribution in [-0.2, 0) is 19.1 Å². The summed E-state index contributed by atoms with van der Waals surface area (Å²) in [5.41, 5.74) is 0.117. The van der Waals surface area contributed by atoms with E-state index in [-0.39, 0.29) is 60.0 Å². The van der Waals surface area contributed by atoms with Gasteiger partial charge < -0.3 is 29.3 Å². The van der Waals surface area contributed by atoms with Crippen LogP contribution in [0.3, 0.4) is 0 Å². The number of likely N-dealkylation sites (N-methyl/N-ethyl adjacent to an activating group) is 1. The van der Waals surface area contributed by atoms with Crippen molar-refractivity contribution in [2.45, 2.75) is 51.4 Å². The molecule has 3 atom stereocenters. The minimum Gasteiger partial charge on any atom is -0.491 e. The highest BCUT2D eigenvalue weighted by Crippen LogP contribution is 2.28. The maximum atomic E-state index is 13.5. The summed E-state index contributed by atoms with van der Waals surface area (Å²) in [6.45, 7) is 5.60. The van der Waals surface area contributed by atoms with E-state index in [0.717, 1.165) is 0 Å². The second kappa shape index (κ2) is 12.8. The first-order valence-electron chi connectivity index (χ1n) is 12.7. The van der Waals surface area contributed by atoms with Crippen molar-refractivity contribution in [3.8, 4) is 5.75 Å². The molecule has 38 heavy (non-hydrogen) atoms. The third kappa shape index (κ3) is 7.83. The van der Waals surface area contributed by atoms with Gasteiger partial charge in [0.1, 0.15) is 18.8 Å². The fourth-order valence-electron chi connectivity index (χ4n) is 4.73. The molecule has 0 bridgehead atoms. The number of hydrogen-bond donors (Lipinski definition) is 1. The van der Waals surface area contributed by atoms with Crippen molar-refractivity contribution in [3.05, 3.63) is 23.8 Å². The normalized spacial score (nSPS) is 24.1. The highest BCUT2D eigenvalue weighted by molar-refractivity contribution is 5.99. The molecule has 0 radical (unpaired) electrons. The Bertz CT molecular complexity index is 999. The van der Waals surface area contributed by atoms with Crippen molar-refractivity contribution < 1.29 is 41.8 Å². The first-order chi connectivity index (χ1) is 17.9. The average Bonchev–Trinajstić information content (AvgIpc) is 2.87. The minimum absolute atomic E-state index is 0.0236. The van der Waals surface area contributed by atoms with Gasteiger partial charge in [-0.25, -0.2) is 0 Å². The van der Waals surface area contributed by atoms with Gasteiger partial charge >= 0.3 is 6.18 Å². The Hall–Kier alpha value is -2.86. The number of halogens is 3. The molecular weight excluding hydrogens is 507 g/mol. The summed E-state index contributed by atoms with van der Waals surface area (Å²) in [7, 11) is 3.13. The number of nitrogens with zero attached hydrogens (tertiary/aromatic N) is 2. The fraction of sp³-hybridized carbons (Fsp3) is 0.654. The number of carbonyl (C=O) groups is 3. The second-order valence-electron chi connectivity index (χ2n) is 10.0. The second-order valence-corrected chi connectivity index (χ2v) is 10.0. The summed E-state index contributed by atoms with van der Waals surface area (Å²) in [6.07, 6.45) is -5.40. The van der Waals surface area contributed by atoms with Gasteiger partial charge in [-0.3, -0.25) is 14.4 Å². The van der Waals surface area contributed by atoms with Crippen LogP contribution < -0.4 is 10.1 Å². The molecule has 212 valence electrons. The number of alkyl halides is 3. The molecule has 1 N–H and O–H groups in total. The molecule has 0 aliphatic carbocycles. The standard InChI is InChI=1S/C26H36F3N3O6/c1-16-13-32(24(34)18-7-9-37-10-8-18)17(2)15-38-21-6-5-19(30-23(33)12-26(27,28)29)11-20(21)25(35)31(3)14-22(16)36-4/h5-6,11,16-18,22H,7-10,12-15H2,1-4H3,(H,30,33)/t16-,17+,22-/m0/s1. The molecule has 0 unspecified atom stereocenters. The molecule has 2 aliphatic rings. The molecule has 1 saturated heterocycles. The Kier molecular flexibility index (Phi) is 10.00. The van der Waals surface area contributed by atoms with E-state index < -0.39 is 24.4 Å². The third-order valence-electron chi connectivity index (χ3n) is 6.94. The molecule has 12 heteroatoms. The van der Waals surface area contributed by atoms with Gasteiger partial charge in [0, 0.05) is 58.0 Å². The Morgan fingerprint density at radius 2 is 1.84 bits per heavy atom. The number of fused-ring (bicyclic) bond motifs is 1. The van der Waals surface area contributed by atoms with Crippen molar-refractivity contribution in [3.63, 3.8) is 0 Å². The molecule has 0 spiro atoms. The molecule has 0 aromatic heterocycles. The van der Waals surface area contributed by atoms with Gasteiger partial charge in [0.05, 0.1) is 17.7 Å². The average molecular weight is 544 g/mol. The summed E-state index contributed by atoms with van der Waals surface area (Å²) in [4.78, 5) is 42.0. The maximum absolute atomic E-state index is 13.5. The van der Waals surface area contributed by atoms with E-state index in [4.69, 9.17) is 14.2 Å². The predicted molar refractivity (Wildman–Crippen MR) is 133 cm³/mol. The molecule has 1 fully saturated rings. The van der Waals surface area contributed by atoms with E-state index in [2.05, 4.69) is 5.32 Å². The number of hydrogen-bond acceptors (Lipinski definition) is 6. The van der Waals surface area contributed by atoms with Crippen molar-refractivity contribution in [1.82, 2.24) is 9.80 Å². The fourth-order valence-corrected chi connectivity index (χ4v) is 4.73. The van der Waals surface area contributed by atoms with Gasteiger partial charge in [-0.2, -0.15) is 13.2 Å². The smallest absolute Gasteiger partial charge is 0.397 e. The molecule has 2 aliphatic heterocycles. The van der Waals surface area contributed by atoms with E-state index in [1.807, 2.05) is 18.7 Å². The Morgan fingerprint density at radius 1 is 1.16 bits per heavy atom. The molecule has 2 heterocycles. The van der Waals surface area contributed by atoms with Gasteiger partial charge in [-0.05, 0) is 38.0 Å². The van der Waals surface area contributed by atoms with Crippen LogP contribution in [0.5, 0.6) is 5.75 Å². The monoisotopic (exact) mass is 543 g/mol. The maximum Gasteiger partial charge on any atom is 0.397 e. The summed E-state index contributed by atoms with van der Waals surface area (Å²) < 4.78 is 54.9. The Balaban J connectivity index is 1.91. The summed E-state index contributed by atoms with van der Waals surface area (Å²) in [5, 5.41) is 2.19. The van der Waals surface area contributed by atoms with Crippen LogP contribution in [0, 0.1) is 11.8 Å². The van der Waals surface area contributed by atoms with Crippen LogP contribution in [0.25, 0.3) is 0 Å². The van der Waals surface area contributed by atoms with Crippen molar-refractivity contribution in [1.29, 1.82) is 0 Å². The lowest BCUT2D eigenvalue weighted by Gasteiger charge is -2.38. The van der Waals surface area contributed by atoms with Gasteiger partial charge in [-0.1, -0.05) is 6.92 Å². The van der Waals surface area contributed by atoms with E-state index in [9.17, 15) is 27.6 Å². The minimum atomic E-state index is -4.66. The number of ether oxygens (including phenoxy) is 3. The first kappa shape index (κ1) is 29.7. The number of nitrogens with one attached hydrogen (secondary N) is 1. The van der Waals surface area contributed by atoms with Crippen LogP contribution in [0.15, 0.2) is 18.2 Å². The third-order valence-corrected chi connectivity index (χ3v) is 6.94. The van der Waals surface area contributed by atoms with E-state index in [0.29, 0.717) is 32.6 Å². The zero-order chi connectivity index (χ0) is 28.0. The number of carbonyl (C=O) groups excluding carboxylic acids is 3. The van der Waals surface area contributed by atoms with Gasteiger partial charge in [0.15, 0.2) is 0 Å². The highest BCUT2D eigenvalue weighted by atomic mass is 19.4. The van der Waals surface area contributed by atoms with E-state index >= 15 is 0 Å². The molecule has 1 aromatic carbocycles. The van der Waals surface area contributed by atoms with Crippen LogP contribution >= 0.6 is 0 Å². The quantitative estimate of drug-likeness (QED) is 0.626. The lowest BCUT2D eigenvalue weighted by Crippen LogP contribution is -2.50. The Morgan fingerprint density at radius 3 is 2.47 bits per heavy atom. The molecular formula is C26H36F3N3O6. The molecule has 0 saturated carbocycles. The van der Waals surface area contributed by atoms with Crippen molar-refractivity contribution in [2.75, 3.05) is 52.4 Å². The zero-order valence-corrected chi connectivity index (χ0v) is 22.2. The largest absolute Gasteiger partial charge is 0.491 e. The van der Waals surface area contributed by atoms with Crippen LogP contribution in [0.2, 0.25) is 0 Å². The topological polar surface area (TPSA) is 97.4 Å². The van der Waals surface area contributed by atoms with Gasteiger partial charge in [0.25, 0.3) is 5.91 Å². The van der Waals surface area contributed by atoms with Crippen LogP contribution in [-0.4, -0.2) is 92.9 Å². The zero-order valence-electron chi connectivity index (χ0n) is 22.2. The van der Waals surface area contributed by atoms with E-state index in [1.165, 1.54) is 23.1 Å². The summed E-state index contributed by atoms with van der Waals surface area (Å²) >= 11 is 0. The van der Waals surface area contributed by atoms with Crippen molar-refractivity contribution in [2.24, 2.45) is 11.8 Å². The number of anilines is 1. The van der Waals surface area contributed by atoms with Crippen LogP contribution in [0.4, 0.5) is 18.9 Å². The van der Waals surface area contributed by atoms with Crippen LogP contribution in [0.1, 0.15) is 43.5 Å². The predicted octanol–water partition coefficient (Wildman–Crippen LogP) is 3.34.